The van der Waals surface area contributed by atoms with Gasteiger partial charge in [-0.05, 0) is 47.6 Å². The summed E-state index contributed by atoms with van der Waals surface area (Å²) in [7, 11) is 0. The largest absolute Gasteiger partial charge is 0.478 e. The number of hydrogen-bond acceptors (Lipinski definition) is 3. The molecule has 1 aliphatic carbocycles. The Kier molecular flexibility index (Phi) is 5.40. The van der Waals surface area contributed by atoms with E-state index in [1.54, 1.807) is 12.1 Å². The molecule has 1 N–H and O–H groups in total. The van der Waals surface area contributed by atoms with Crippen molar-refractivity contribution < 1.29 is 19.4 Å². The van der Waals surface area contributed by atoms with Gasteiger partial charge in [-0.2, -0.15) is 0 Å². The van der Waals surface area contributed by atoms with Gasteiger partial charge in [-0.15, -0.1) is 0 Å². The standard InChI is InChI=1S/C22H24O4/c1-14(2)11-20(23)26-21-18(13-17-5-3-4-6-19(17)21)12-15-7-9-16(10-8-15)22(24)25/h3-10,14,18,21H,11-13H2,1-2H3,(H,24,25). The number of esters is 1. The van der Waals surface area contributed by atoms with Gasteiger partial charge >= 0.3 is 11.9 Å². The smallest absolute Gasteiger partial charge is 0.335 e. The Balaban J connectivity index is 1.78. The molecule has 0 spiro atoms. The predicted octanol–water partition coefficient (Wildman–Crippen LogP) is 4.43. The van der Waals surface area contributed by atoms with Crippen molar-refractivity contribution in [3.8, 4) is 0 Å². The van der Waals surface area contributed by atoms with Crippen molar-refractivity contribution in [2.75, 3.05) is 0 Å². The zero-order valence-electron chi connectivity index (χ0n) is 15.1. The van der Waals surface area contributed by atoms with Crippen molar-refractivity contribution >= 4 is 11.9 Å². The Morgan fingerprint density at radius 2 is 1.81 bits per heavy atom. The highest BCUT2D eigenvalue weighted by Crippen LogP contribution is 2.40. The van der Waals surface area contributed by atoms with Crippen LogP contribution in [-0.4, -0.2) is 17.0 Å². The van der Waals surface area contributed by atoms with Gasteiger partial charge in [0.05, 0.1) is 5.56 Å². The summed E-state index contributed by atoms with van der Waals surface area (Å²) in [4.78, 5) is 23.3. The second kappa shape index (κ2) is 7.73. The van der Waals surface area contributed by atoms with Crippen LogP contribution in [0.1, 0.15) is 53.4 Å². The van der Waals surface area contributed by atoms with Crippen molar-refractivity contribution in [2.24, 2.45) is 11.8 Å². The number of carboxylic acid groups (broad SMARTS) is 1. The summed E-state index contributed by atoms with van der Waals surface area (Å²) < 4.78 is 5.86. The van der Waals surface area contributed by atoms with Crippen LogP contribution >= 0.6 is 0 Å². The highest BCUT2D eigenvalue weighted by molar-refractivity contribution is 5.87. The van der Waals surface area contributed by atoms with E-state index < -0.39 is 5.97 Å². The molecular formula is C22H24O4. The van der Waals surface area contributed by atoms with Crippen molar-refractivity contribution in [3.05, 3.63) is 70.8 Å². The van der Waals surface area contributed by atoms with Crippen molar-refractivity contribution in [1.29, 1.82) is 0 Å². The molecule has 4 nitrogen and oxygen atoms in total. The molecule has 2 unspecified atom stereocenters. The minimum absolute atomic E-state index is 0.159. The summed E-state index contributed by atoms with van der Waals surface area (Å²) in [6.45, 7) is 4.01. The summed E-state index contributed by atoms with van der Waals surface area (Å²) in [5.74, 6) is -0.654. The zero-order valence-corrected chi connectivity index (χ0v) is 15.1. The van der Waals surface area contributed by atoms with E-state index in [9.17, 15) is 9.59 Å². The van der Waals surface area contributed by atoms with Crippen LogP contribution in [0.4, 0.5) is 0 Å². The molecule has 0 radical (unpaired) electrons. The Morgan fingerprint density at radius 1 is 1.12 bits per heavy atom. The lowest BCUT2D eigenvalue weighted by Gasteiger charge is -2.22. The molecule has 0 aromatic heterocycles. The summed E-state index contributed by atoms with van der Waals surface area (Å²) in [6.07, 6.45) is 1.78. The number of aromatic carboxylic acids is 1. The number of carbonyl (C=O) groups excluding carboxylic acids is 1. The van der Waals surface area contributed by atoms with Gasteiger partial charge in [-0.25, -0.2) is 4.79 Å². The molecule has 0 saturated carbocycles. The van der Waals surface area contributed by atoms with Gasteiger partial charge in [-0.1, -0.05) is 50.2 Å². The molecular weight excluding hydrogens is 328 g/mol. The molecule has 0 heterocycles. The lowest BCUT2D eigenvalue weighted by Crippen LogP contribution is -2.19. The van der Waals surface area contributed by atoms with E-state index >= 15 is 0 Å². The molecule has 0 amide bonds. The number of benzene rings is 2. The van der Waals surface area contributed by atoms with E-state index in [0.29, 0.717) is 6.42 Å². The van der Waals surface area contributed by atoms with Gasteiger partial charge in [0.1, 0.15) is 6.10 Å². The fourth-order valence-corrected chi connectivity index (χ4v) is 3.59. The van der Waals surface area contributed by atoms with Crippen LogP contribution in [0.3, 0.4) is 0 Å². The minimum atomic E-state index is -0.926. The van der Waals surface area contributed by atoms with Crippen LogP contribution in [0.15, 0.2) is 48.5 Å². The number of fused-ring (bicyclic) bond motifs is 1. The summed E-state index contributed by atoms with van der Waals surface area (Å²) in [5, 5.41) is 9.03. The summed E-state index contributed by atoms with van der Waals surface area (Å²) >= 11 is 0. The van der Waals surface area contributed by atoms with E-state index in [2.05, 4.69) is 6.07 Å². The molecule has 3 rings (SSSR count). The first-order valence-corrected chi connectivity index (χ1v) is 9.03. The van der Waals surface area contributed by atoms with E-state index in [1.807, 2.05) is 44.2 Å². The SMILES string of the molecule is CC(C)CC(=O)OC1c2ccccc2CC1Cc1ccc(C(=O)O)cc1. The first kappa shape index (κ1) is 18.2. The third kappa shape index (κ3) is 4.13. The maximum atomic E-state index is 12.2. The van der Waals surface area contributed by atoms with Gasteiger partial charge < -0.3 is 9.84 Å². The molecule has 26 heavy (non-hydrogen) atoms. The lowest BCUT2D eigenvalue weighted by molar-refractivity contribution is -0.152. The molecule has 2 aromatic carbocycles. The zero-order chi connectivity index (χ0) is 18.7. The number of hydrogen-bond donors (Lipinski definition) is 1. The highest BCUT2D eigenvalue weighted by atomic mass is 16.5. The van der Waals surface area contributed by atoms with Crippen LogP contribution in [-0.2, 0) is 22.4 Å². The fraction of sp³-hybridized carbons (Fsp3) is 0.364. The van der Waals surface area contributed by atoms with Crippen LogP contribution in [0.25, 0.3) is 0 Å². The second-order valence-corrected chi connectivity index (χ2v) is 7.38. The van der Waals surface area contributed by atoms with E-state index in [1.165, 1.54) is 5.56 Å². The molecule has 0 bridgehead atoms. The molecule has 0 fully saturated rings. The Morgan fingerprint density at radius 3 is 2.46 bits per heavy atom. The van der Waals surface area contributed by atoms with Gasteiger partial charge in [0.2, 0.25) is 0 Å². The maximum Gasteiger partial charge on any atom is 0.335 e. The Labute approximate surface area is 153 Å². The monoisotopic (exact) mass is 352 g/mol. The van der Waals surface area contributed by atoms with Crippen LogP contribution in [0.2, 0.25) is 0 Å². The average molecular weight is 352 g/mol. The van der Waals surface area contributed by atoms with Crippen LogP contribution < -0.4 is 0 Å². The molecule has 1 aliphatic rings. The number of carboxylic acids is 1. The second-order valence-electron chi connectivity index (χ2n) is 7.38. The minimum Gasteiger partial charge on any atom is -0.478 e. The van der Waals surface area contributed by atoms with E-state index in [-0.39, 0.29) is 29.5 Å². The molecule has 0 aliphatic heterocycles. The topological polar surface area (TPSA) is 63.6 Å². The van der Waals surface area contributed by atoms with Gasteiger partial charge in [0.15, 0.2) is 0 Å². The van der Waals surface area contributed by atoms with E-state index in [0.717, 1.165) is 24.0 Å². The van der Waals surface area contributed by atoms with Crippen LogP contribution in [0.5, 0.6) is 0 Å². The summed E-state index contributed by atoms with van der Waals surface area (Å²) in [5.41, 5.74) is 3.65. The average Bonchev–Trinajstić information content (AvgIpc) is 2.92. The third-order valence-corrected chi connectivity index (χ3v) is 4.80. The Bertz CT molecular complexity index is 792. The first-order valence-electron chi connectivity index (χ1n) is 9.03. The van der Waals surface area contributed by atoms with Crippen molar-refractivity contribution in [3.63, 3.8) is 0 Å². The molecule has 136 valence electrons. The lowest BCUT2D eigenvalue weighted by atomic mass is 9.94. The van der Waals surface area contributed by atoms with Gasteiger partial charge in [0.25, 0.3) is 0 Å². The fourth-order valence-electron chi connectivity index (χ4n) is 3.59. The quantitative estimate of drug-likeness (QED) is 0.781. The van der Waals surface area contributed by atoms with Gasteiger partial charge in [-0.3, -0.25) is 4.79 Å². The number of ether oxygens (including phenoxy) is 1. The molecule has 4 heteroatoms. The maximum absolute atomic E-state index is 12.2. The Hall–Kier alpha value is -2.62. The summed E-state index contributed by atoms with van der Waals surface area (Å²) in [6, 6.07) is 15.1. The number of rotatable bonds is 6. The van der Waals surface area contributed by atoms with Crippen molar-refractivity contribution in [2.45, 2.75) is 39.2 Å². The molecule has 2 aromatic rings. The third-order valence-electron chi connectivity index (χ3n) is 4.80. The van der Waals surface area contributed by atoms with Crippen LogP contribution in [0, 0.1) is 11.8 Å². The first-order chi connectivity index (χ1) is 12.4. The highest BCUT2D eigenvalue weighted by Gasteiger charge is 2.35. The molecule has 2 atom stereocenters. The van der Waals surface area contributed by atoms with Crippen molar-refractivity contribution in [1.82, 2.24) is 0 Å². The molecule has 0 saturated heterocycles. The predicted molar refractivity (Wildman–Crippen MR) is 99.0 cm³/mol. The van der Waals surface area contributed by atoms with E-state index in [4.69, 9.17) is 9.84 Å². The van der Waals surface area contributed by atoms with Gasteiger partial charge in [0, 0.05) is 12.3 Å². The number of carbonyl (C=O) groups is 2. The normalized spacial score (nSPS) is 18.6.